The Kier molecular flexibility index (Phi) is 7.31. The van der Waals surface area contributed by atoms with Crippen LogP contribution in [-0.2, 0) is 26.6 Å². The molecule has 0 saturated heterocycles. The number of hydrogen-bond donors (Lipinski definition) is 1. The zero-order valence-electron chi connectivity index (χ0n) is 19.5. The standard InChI is InChI=1S/C25H26N6O3S/c1-3-30-20(14-17-10-6-4-7-11-17)27-28-24(30)35-16-19(32)21-22(26)31(25(34)29(2)23(21)33)15-18-12-8-5-9-13-18/h4-13H,3,14-16,26H2,1-2H3. The van der Waals surface area contributed by atoms with Gasteiger partial charge in [-0.05, 0) is 18.1 Å². The summed E-state index contributed by atoms with van der Waals surface area (Å²) in [6, 6.07) is 19.2. The molecule has 0 aliphatic carbocycles. The van der Waals surface area contributed by atoms with Gasteiger partial charge < -0.3 is 10.3 Å². The SMILES string of the molecule is CCn1c(Cc2ccccc2)nnc1SCC(=O)c1c(N)n(Cc2ccccc2)c(=O)n(C)c1=O. The van der Waals surface area contributed by atoms with Crippen molar-refractivity contribution in [3.8, 4) is 0 Å². The van der Waals surface area contributed by atoms with E-state index in [2.05, 4.69) is 10.2 Å². The van der Waals surface area contributed by atoms with Gasteiger partial charge in [0.15, 0.2) is 10.9 Å². The first-order valence-electron chi connectivity index (χ1n) is 11.2. The van der Waals surface area contributed by atoms with Crippen LogP contribution in [0, 0.1) is 0 Å². The van der Waals surface area contributed by atoms with Gasteiger partial charge in [-0.25, -0.2) is 4.79 Å². The summed E-state index contributed by atoms with van der Waals surface area (Å²) < 4.78 is 4.12. The van der Waals surface area contributed by atoms with Gasteiger partial charge in [-0.15, -0.1) is 10.2 Å². The van der Waals surface area contributed by atoms with E-state index in [1.54, 1.807) is 0 Å². The highest BCUT2D eigenvalue weighted by molar-refractivity contribution is 7.99. The number of aromatic nitrogens is 5. The van der Waals surface area contributed by atoms with Crippen molar-refractivity contribution >= 4 is 23.4 Å². The van der Waals surface area contributed by atoms with E-state index in [0.29, 0.717) is 18.1 Å². The monoisotopic (exact) mass is 490 g/mol. The summed E-state index contributed by atoms with van der Waals surface area (Å²) >= 11 is 1.19. The molecule has 180 valence electrons. The number of nitrogens with zero attached hydrogens (tertiary/aromatic N) is 5. The third kappa shape index (κ3) is 5.12. The maximum atomic E-state index is 13.1. The van der Waals surface area contributed by atoms with Crippen LogP contribution < -0.4 is 17.0 Å². The molecule has 0 bridgehead atoms. The highest BCUT2D eigenvalue weighted by Crippen LogP contribution is 2.21. The number of nitrogen functional groups attached to an aromatic ring is 1. The molecular weight excluding hydrogens is 464 g/mol. The van der Waals surface area contributed by atoms with Crippen molar-refractivity contribution in [3.63, 3.8) is 0 Å². The molecule has 2 heterocycles. The largest absolute Gasteiger partial charge is 0.384 e. The minimum Gasteiger partial charge on any atom is -0.384 e. The second-order valence-corrected chi connectivity index (χ2v) is 8.94. The van der Waals surface area contributed by atoms with Crippen LogP contribution in [0.2, 0.25) is 0 Å². The van der Waals surface area contributed by atoms with Gasteiger partial charge in [0.1, 0.15) is 17.2 Å². The molecule has 0 amide bonds. The van der Waals surface area contributed by atoms with Crippen LogP contribution in [0.1, 0.15) is 34.2 Å². The lowest BCUT2D eigenvalue weighted by atomic mass is 10.1. The number of hydrogen-bond acceptors (Lipinski definition) is 7. The summed E-state index contributed by atoms with van der Waals surface area (Å²) in [5.41, 5.74) is 6.67. The molecule has 0 aliphatic heterocycles. The Morgan fingerprint density at radius 3 is 2.20 bits per heavy atom. The summed E-state index contributed by atoms with van der Waals surface area (Å²) in [7, 11) is 1.35. The van der Waals surface area contributed by atoms with Crippen LogP contribution in [0.4, 0.5) is 5.82 Å². The Hall–Kier alpha value is -3.92. The second-order valence-electron chi connectivity index (χ2n) is 8.00. The number of Topliss-reactive ketones (excluding diaryl/α,β-unsaturated/α-hetero) is 1. The average Bonchev–Trinajstić information content (AvgIpc) is 3.26. The number of carbonyl (C=O) groups excluding carboxylic acids is 1. The topological polar surface area (TPSA) is 118 Å². The third-order valence-corrected chi connectivity index (χ3v) is 6.66. The first-order chi connectivity index (χ1) is 16.9. The van der Waals surface area contributed by atoms with Gasteiger partial charge in [0.25, 0.3) is 5.56 Å². The Labute approximate surface area is 206 Å². The first kappa shape index (κ1) is 24.2. The minimum atomic E-state index is -0.705. The molecule has 2 aromatic heterocycles. The molecule has 2 aromatic carbocycles. The summed E-state index contributed by atoms with van der Waals surface area (Å²) in [5.74, 6) is 0.131. The number of carbonyl (C=O) groups is 1. The normalized spacial score (nSPS) is 11.0. The fraction of sp³-hybridized carbons (Fsp3) is 0.240. The van der Waals surface area contributed by atoms with Crippen molar-refractivity contribution in [2.24, 2.45) is 7.05 Å². The third-order valence-electron chi connectivity index (χ3n) is 5.69. The van der Waals surface area contributed by atoms with Gasteiger partial charge >= 0.3 is 5.69 Å². The molecular formula is C25H26N6O3S. The fourth-order valence-electron chi connectivity index (χ4n) is 3.82. The van der Waals surface area contributed by atoms with Crippen molar-refractivity contribution in [2.75, 3.05) is 11.5 Å². The van der Waals surface area contributed by atoms with Crippen LogP contribution in [0.5, 0.6) is 0 Å². The summed E-state index contributed by atoms with van der Waals surface area (Å²) in [6.45, 7) is 2.77. The molecule has 0 fully saturated rings. The van der Waals surface area contributed by atoms with E-state index in [1.165, 1.54) is 23.4 Å². The predicted octanol–water partition coefficient (Wildman–Crippen LogP) is 2.35. The molecule has 9 nitrogen and oxygen atoms in total. The number of nitrogens with two attached hydrogens (primary N) is 1. The van der Waals surface area contributed by atoms with Crippen molar-refractivity contribution in [1.82, 2.24) is 23.9 Å². The number of ketones is 1. The van der Waals surface area contributed by atoms with Gasteiger partial charge in [-0.2, -0.15) is 0 Å². The van der Waals surface area contributed by atoms with Gasteiger partial charge in [0, 0.05) is 20.0 Å². The first-order valence-corrected chi connectivity index (χ1v) is 12.1. The van der Waals surface area contributed by atoms with E-state index < -0.39 is 17.0 Å². The zero-order chi connectivity index (χ0) is 24.9. The van der Waals surface area contributed by atoms with Crippen molar-refractivity contribution in [2.45, 2.75) is 31.6 Å². The van der Waals surface area contributed by atoms with E-state index in [0.717, 1.165) is 21.5 Å². The van der Waals surface area contributed by atoms with Crippen LogP contribution in [0.25, 0.3) is 0 Å². The molecule has 2 N–H and O–H groups in total. The van der Waals surface area contributed by atoms with Crippen LogP contribution in [0.3, 0.4) is 0 Å². The quantitative estimate of drug-likeness (QED) is 0.283. The van der Waals surface area contributed by atoms with Crippen molar-refractivity contribution in [3.05, 3.63) is 104 Å². The fourth-order valence-corrected chi connectivity index (χ4v) is 4.71. The lowest BCUT2D eigenvalue weighted by Gasteiger charge is -2.14. The van der Waals surface area contributed by atoms with Gasteiger partial charge in [-0.1, -0.05) is 72.4 Å². The second kappa shape index (κ2) is 10.6. The molecule has 0 saturated carbocycles. The molecule has 0 spiro atoms. The average molecular weight is 491 g/mol. The Bertz CT molecular complexity index is 1460. The number of rotatable bonds is 9. The summed E-state index contributed by atoms with van der Waals surface area (Å²) in [6.07, 6.45) is 0.619. The smallest absolute Gasteiger partial charge is 0.332 e. The van der Waals surface area contributed by atoms with Crippen LogP contribution in [0.15, 0.2) is 75.4 Å². The van der Waals surface area contributed by atoms with Gasteiger partial charge in [0.05, 0.1) is 12.3 Å². The Morgan fingerprint density at radius 2 is 1.57 bits per heavy atom. The molecule has 0 unspecified atom stereocenters. The number of benzene rings is 2. The maximum absolute atomic E-state index is 13.1. The molecule has 0 aliphatic rings. The van der Waals surface area contributed by atoms with Crippen molar-refractivity contribution in [1.29, 1.82) is 0 Å². The summed E-state index contributed by atoms with van der Waals surface area (Å²) in [4.78, 5) is 38.7. The van der Waals surface area contributed by atoms with Crippen molar-refractivity contribution < 1.29 is 4.79 Å². The minimum absolute atomic E-state index is 0.0630. The van der Waals surface area contributed by atoms with Crippen LogP contribution >= 0.6 is 11.8 Å². The Morgan fingerprint density at radius 1 is 0.943 bits per heavy atom. The van der Waals surface area contributed by atoms with E-state index in [4.69, 9.17) is 5.73 Å². The summed E-state index contributed by atoms with van der Waals surface area (Å²) in [5, 5.41) is 9.14. The highest BCUT2D eigenvalue weighted by atomic mass is 32.2. The van der Waals surface area contributed by atoms with Gasteiger partial charge in [-0.3, -0.25) is 18.7 Å². The van der Waals surface area contributed by atoms with Crippen LogP contribution in [-0.4, -0.2) is 35.4 Å². The maximum Gasteiger partial charge on any atom is 0.332 e. The molecule has 0 atom stereocenters. The van der Waals surface area contributed by atoms with E-state index in [9.17, 15) is 14.4 Å². The number of thioether (sulfide) groups is 1. The lowest BCUT2D eigenvalue weighted by molar-refractivity contribution is 0.102. The Balaban J connectivity index is 1.58. The molecule has 4 rings (SSSR count). The predicted molar refractivity (Wildman–Crippen MR) is 136 cm³/mol. The zero-order valence-corrected chi connectivity index (χ0v) is 20.4. The number of anilines is 1. The lowest BCUT2D eigenvalue weighted by Crippen LogP contribution is -2.43. The molecule has 35 heavy (non-hydrogen) atoms. The van der Waals surface area contributed by atoms with E-state index in [1.807, 2.05) is 72.2 Å². The molecule has 4 aromatic rings. The highest BCUT2D eigenvalue weighted by Gasteiger charge is 2.23. The van der Waals surface area contributed by atoms with E-state index >= 15 is 0 Å². The molecule has 10 heteroatoms. The molecule has 0 radical (unpaired) electrons. The van der Waals surface area contributed by atoms with Gasteiger partial charge in [0.2, 0.25) is 0 Å². The van der Waals surface area contributed by atoms with E-state index in [-0.39, 0.29) is 23.7 Å².